The minimum Gasteiger partial charge on any atom is -0.488 e. The first-order valence-corrected chi connectivity index (χ1v) is 12.2. The van der Waals surface area contributed by atoms with Gasteiger partial charge < -0.3 is 23.2 Å². The second-order valence-electron chi connectivity index (χ2n) is 9.80. The van der Waals surface area contributed by atoms with Crippen molar-refractivity contribution in [2.45, 2.75) is 79.6 Å². The number of hydrogen-bond acceptors (Lipinski definition) is 6. The van der Waals surface area contributed by atoms with Crippen LogP contribution < -0.4 is 10.2 Å². The Morgan fingerprint density at radius 1 is 1.00 bits per heavy atom. The molecule has 1 fully saturated rings. The van der Waals surface area contributed by atoms with Crippen molar-refractivity contribution < 1.29 is 28.0 Å². The Morgan fingerprint density at radius 3 is 2.26 bits per heavy atom. The largest absolute Gasteiger partial charge is 0.498 e. The predicted octanol–water partition coefficient (Wildman–Crippen LogP) is 5.67. The van der Waals surface area contributed by atoms with Crippen molar-refractivity contribution in [1.82, 2.24) is 0 Å². The predicted molar refractivity (Wildman–Crippen MR) is 139 cm³/mol. The number of aryl methyl sites for hydroxylation is 2. The first-order chi connectivity index (χ1) is 16.5. The summed E-state index contributed by atoms with van der Waals surface area (Å²) >= 11 is 0. The molecule has 35 heavy (non-hydrogen) atoms. The summed E-state index contributed by atoms with van der Waals surface area (Å²) in [6, 6.07) is 10.5. The van der Waals surface area contributed by atoms with Crippen LogP contribution in [0.4, 0.5) is 0 Å². The summed E-state index contributed by atoms with van der Waals surface area (Å²) in [5, 5.41) is 1.03. The molecule has 2 aromatic carbocycles. The molecule has 0 saturated carbocycles. The molecule has 0 spiro atoms. The van der Waals surface area contributed by atoms with Crippen LogP contribution in [0.15, 0.2) is 41.0 Å². The van der Waals surface area contributed by atoms with Crippen LogP contribution in [0.25, 0.3) is 11.0 Å². The lowest BCUT2D eigenvalue weighted by Crippen LogP contribution is -2.41. The lowest BCUT2D eigenvalue weighted by molar-refractivity contribution is -0.128. The molecule has 1 saturated heterocycles. The number of fused-ring (bicyclic) bond motifs is 1. The highest BCUT2D eigenvalue weighted by Gasteiger charge is 2.52. The van der Waals surface area contributed by atoms with Gasteiger partial charge in [-0.1, -0.05) is 25.1 Å². The number of hydrogen-bond donors (Lipinski definition) is 0. The maximum atomic E-state index is 9.18. The third-order valence-electron chi connectivity index (χ3n) is 6.90. The van der Waals surface area contributed by atoms with E-state index in [1.807, 2.05) is 6.07 Å². The van der Waals surface area contributed by atoms with E-state index < -0.39 is 18.3 Å². The zero-order chi connectivity index (χ0) is 25.8. The van der Waals surface area contributed by atoms with Gasteiger partial charge in [0, 0.05) is 10.8 Å². The van der Waals surface area contributed by atoms with Crippen LogP contribution in [0.1, 0.15) is 63.8 Å². The van der Waals surface area contributed by atoms with E-state index in [9.17, 15) is 4.79 Å². The van der Waals surface area contributed by atoms with Gasteiger partial charge in [-0.05, 0) is 89.3 Å². The Balaban J connectivity index is 0.000000623. The van der Waals surface area contributed by atoms with E-state index in [2.05, 4.69) is 77.5 Å². The number of ether oxygens (including phenoxy) is 2. The normalized spacial score (nSPS) is 16.1. The lowest BCUT2D eigenvalue weighted by atomic mass is 9.77. The van der Waals surface area contributed by atoms with E-state index >= 15 is 0 Å². The molecule has 188 valence electrons. The van der Waals surface area contributed by atoms with E-state index in [0.29, 0.717) is 19.7 Å². The average Bonchev–Trinajstić information content (AvgIpc) is 3.36. The number of benzene rings is 2. The quantitative estimate of drug-likeness (QED) is 0.321. The van der Waals surface area contributed by atoms with E-state index in [1.54, 1.807) is 13.2 Å². The second-order valence-corrected chi connectivity index (χ2v) is 9.80. The van der Waals surface area contributed by atoms with Crippen LogP contribution in [0.5, 0.6) is 5.75 Å². The third kappa shape index (κ3) is 5.73. The smallest absolute Gasteiger partial charge is 0.488 e. The molecule has 1 aliphatic rings. The monoisotopic (exact) mass is 480 g/mol. The Bertz CT molecular complexity index is 1150. The van der Waals surface area contributed by atoms with Gasteiger partial charge in [-0.3, -0.25) is 4.79 Å². The van der Waals surface area contributed by atoms with Gasteiger partial charge in [-0.25, -0.2) is 0 Å². The van der Waals surface area contributed by atoms with E-state index in [0.717, 1.165) is 34.2 Å². The van der Waals surface area contributed by atoms with Crippen LogP contribution in [-0.4, -0.2) is 31.4 Å². The Hall–Kier alpha value is -2.77. The fourth-order valence-corrected chi connectivity index (χ4v) is 3.95. The summed E-state index contributed by atoms with van der Waals surface area (Å²) in [6.07, 6.45) is 2.65. The zero-order valence-electron chi connectivity index (χ0n) is 22.2. The molecule has 0 unspecified atom stereocenters. The summed E-state index contributed by atoms with van der Waals surface area (Å²) in [4.78, 5) is 9.18. The van der Waals surface area contributed by atoms with Crippen LogP contribution in [0.3, 0.4) is 0 Å². The van der Waals surface area contributed by atoms with E-state index in [1.165, 1.54) is 16.7 Å². The fraction of sp³-hybridized carbons (Fsp3) is 0.464. The fourth-order valence-electron chi connectivity index (χ4n) is 3.95. The summed E-state index contributed by atoms with van der Waals surface area (Å²) in [7, 11) is -0.476. The second kappa shape index (κ2) is 10.9. The van der Waals surface area contributed by atoms with Gasteiger partial charge in [0.1, 0.15) is 17.9 Å². The van der Waals surface area contributed by atoms with Crippen molar-refractivity contribution in [3.05, 3.63) is 58.8 Å². The van der Waals surface area contributed by atoms with Crippen LogP contribution >= 0.6 is 0 Å². The highest BCUT2D eigenvalue weighted by molar-refractivity contribution is 6.64. The molecule has 6 nitrogen and oxygen atoms in total. The van der Waals surface area contributed by atoms with E-state index in [4.69, 9.17) is 18.5 Å². The van der Waals surface area contributed by atoms with Gasteiger partial charge in [0.25, 0.3) is 6.47 Å². The van der Waals surface area contributed by atoms with Gasteiger partial charge >= 0.3 is 7.12 Å². The maximum absolute atomic E-state index is 9.18. The first kappa shape index (κ1) is 26.8. The first-order valence-electron chi connectivity index (χ1n) is 12.2. The molecule has 0 aliphatic carbocycles. The molecule has 0 radical (unpaired) electrons. The Morgan fingerprint density at radius 2 is 1.69 bits per heavy atom. The van der Waals surface area contributed by atoms with Gasteiger partial charge in [0.05, 0.1) is 24.1 Å². The molecule has 7 heteroatoms. The Kier molecular flexibility index (Phi) is 8.34. The van der Waals surface area contributed by atoms with E-state index in [-0.39, 0.29) is 0 Å². The molecule has 0 N–H and O–H groups in total. The van der Waals surface area contributed by atoms with Gasteiger partial charge in [0.15, 0.2) is 0 Å². The van der Waals surface area contributed by atoms with Gasteiger partial charge in [-0.2, -0.15) is 0 Å². The van der Waals surface area contributed by atoms with Crippen molar-refractivity contribution in [3.63, 3.8) is 0 Å². The van der Waals surface area contributed by atoms with Gasteiger partial charge in [0.2, 0.25) is 0 Å². The summed E-state index contributed by atoms with van der Waals surface area (Å²) in [6.45, 7) is 17.8. The van der Waals surface area contributed by atoms with Crippen LogP contribution in [-0.2, 0) is 31.9 Å². The SMILES string of the molecule is CCOC=O.CCc1ccc(C)c(C)c1OCc1cc(B2OC(C)(C)C(C)(C)O2)c2occc2c1. The number of rotatable bonds is 7. The maximum Gasteiger partial charge on any atom is 0.498 e. The minimum atomic E-state index is -0.476. The average molecular weight is 480 g/mol. The standard InChI is InChI=1S/C25H31BO4.C3H6O2/c1-8-19-10-9-16(2)17(3)22(19)28-15-18-13-20-11-12-27-23(20)21(14-18)26-29-24(4,5)25(6,7)30-26;1-2-5-3-4/h9-14H,8,15H2,1-7H3;3H,2H2,1H3. The zero-order valence-corrected chi connectivity index (χ0v) is 22.2. The summed E-state index contributed by atoms with van der Waals surface area (Å²) in [5.41, 5.74) is 5.64. The molecule has 2 heterocycles. The highest BCUT2D eigenvalue weighted by Crippen LogP contribution is 2.37. The lowest BCUT2D eigenvalue weighted by Gasteiger charge is -2.32. The molecule has 1 aromatic heterocycles. The minimum absolute atomic E-state index is 0.405. The number of carbonyl (C=O) groups is 1. The number of carbonyl (C=O) groups excluding carboxylic acids is 1. The molecule has 0 bridgehead atoms. The molecule has 3 aromatic rings. The molecular formula is C28H37BO6. The van der Waals surface area contributed by atoms with Crippen LogP contribution in [0.2, 0.25) is 0 Å². The molecular weight excluding hydrogens is 443 g/mol. The summed E-state index contributed by atoms with van der Waals surface area (Å²) in [5.74, 6) is 0.988. The molecule has 0 atom stereocenters. The van der Waals surface area contributed by atoms with Crippen molar-refractivity contribution >= 4 is 30.0 Å². The highest BCUT2D eigenvalue weighted by atomic mass is 16.7. The third-order valence-corrected chi connectivity index (χ3v) is 6.90. The van der Waals surface area contributed by atoms with Gasteiger partial charge in [-0.15, -0.1) is 0 Å². The number of furan rings is 1. The topological polar surface area (TPSA) is 67.1 Å². The molecule has 0 amide bonds. The van der Waals surface area contributed by atoms with Crippen molar-refractivity contribution in [1.29, 1.82) is 0 Å². The van der Waals surface area contributed by atoms with Crippen LogP contribution in [0, 0.1) is 13.8 Å². The van der Waals surface area contributed by atoms with Crippen molar-refractivity contribution in [2.24, 2.45) is 0 Å². The molecule has 1 aliphatic heterocycles. The van der Waals surface area contributed by atoms with Crippen molar-refractivity contribution in [2.75, 3.05) is 6.61 Å². The molecule has 4 rings (SSSR count). The Labute approximate surface area is 209 Å². The summed E-state index contributed by atoms with van der Waals surface area (Å²) < 4.78 is 28.9. The van der Waals surface area contributed by atoms with Crippen molar-refractivity contribution in [3.8, 4) is 5.75 Å².